The summed E-state index contributed by atoms with van der Waals surface area (Å²) in [4.78, 5) is 2.46. The van der Waals surface area contributed by atoms with Crippen LogP contribution in [-0.4, -0.2) is 0 Å². The number of para-hydroxylation sites is 1. The average molecular weight is 604 g/mol. The minimum Gasteiger partial charge on any atom is -0.309 e. The molecule has 8 aromatic carbocycles. The van der Waals surface area contributed by atoms with Crippen molar-refractivity contribution in [3.63, 3.8) is 0 Å². The Kier molecular flexibility index (Phi) is 6.40. The molecule has 1 heterocycles. The fourth-order valence-electron chi connectivity index (χ4n) is 6.83. The van der Waals surface area contributed by atoms with E-state index in [1.807, 2.05) is 11.3 Å². The zero-order valence-corrected chi connectivity index (χ0v) is 25.9. The van der Waals surface area contributed by atoms with Crippen LogP contribution in [0.25, 0.3) is 64.0 Å². The second-order valence-corrected chi connectivity index (χ2v) is 12.8. The molecule has 0 spiro atoms. The first-order valence-corrected chi connectivity index (χ1v) is 16.5. The van der Waals surface area contributed by atoms with Crippen molar-refractivity contribution in [2.45, 2.75) is 0 Å². The van der Waals surface area contributed by atoms with Crippen LogP contribution in [0.3, 0.4) is 0 Å². The summed E-state index contributed by atoms with van der Waals surface area (Å²) in [6.45, 7) is 0. The van der Waals surface area contributed by atoms with Crippen molar-refractivity contribution in [3.05, 3.63) is 176 Å². The number of benzene rings is 8. The van der Waals surface area contributed by atoms with E-state index in [9.17, 15) is 0 Å². The van der Waals surface area contributed by atoms with Crippen molar-refractivity contribution < 1.29 is 0 Å². The standard InChI is InChI=1S/C44H29NS/c1-2-11-30(12-3-1)32-23-26-36(27-24-32)45(40-18-9-8-16-37(40)35-22-21-31-13-4-5-15-34(31)29-35)41-19-10-20-42-43(41)39-28-25-33-14-6-7-17-38(33)44(39)46-42/h1-29H. The molecule has 0 atom stereocenters. The first-order chi connectivity index (χ1) is 22.8. The summed E-state index contributed by atoms with van der Waals surface area (Å²) in [6, 6.07) is 63.9. The van der Waals surface area contributed by atoms with Crippen LogP contribution in [0.2, 0.25) is 0 Å². The number of fused-ring (bicyclic) bond motifs is 6. The molecular weight excluding hydrogens is 575 g/mol. The molecule has 0 bridgehead atoms. The molecular formula is C44H29NS. The van der Waals surface area contributed by atoms with Crippen LogP contribution < -0.4 is 4.90 Å². The molecule has 216 valence electrons. The van der Waals surface area contributed by atoms with Gasteiger partial charge < -0.3 is 4.90 Å². The molecule has 0 N–H and O–H groups in total. The molecule has 9 aromatic rings. The van der Waals surface area contributed by atoms with Gasteiger partial charge in [0.15, 0.2) is 0 Å². The third kappa shape index (κ3) is 4.46. The van der Waals surface area contributed by atoms with E-state index < -0.39 is 0 Å². The Morgan fingerprint density at radius 1 is 0.391 bits per heavy atom. The molecule has 1 nitrogen and oxygen atoms in total. The summed E-state index contributed by atoms with van der Waals surface area (Å²) < 4.78 is 2.63. The smallest absolute Gasteiger partial charge is 0.0555 e. The second-order valence-electron chi connectivity index (χ2n) is 11.7. The predicted octanol–water partition coefficient (Wildman–Crippen LogP) is 13.2. The lowest BCUT2D eigenvalue weighted by atomic mass is 9.98. The molecule has 46 heavy (non-hydrogen) atoms. The third-order valence-electron chi connectivity index (χ3n) is 9.04. The molecule has 0 aliphatic carbocycles. The summed E-state index contributed by atoms with van der Waals surface area (Å²) in [5.74, 6) is 0. The molecule has 0 saturated heterocycles. The van der Waals surface area contributed by atoms with Crippen LogP contribution in [0.4, 0.5) is 17.1 Å². The summed E-state index contributed by atoms with van der Waals surface area (Å²) in [5.41, 5.74) is 8.28. The molecule has 0 amide bonds. The molecule has 0 aliphatic rings. The van der Waals surface area contributed by atoms with E-state index in [-0.39, 0.29) is 0 Å². The number of anilines is 3. The maximum absolute atomic E-state index is 2.46. The van der Waals surface area contributed by atoms with Gasteiger partial charge in [0.25, 0.3) is 0 Å². The first kappa shape index (κ1) is 26.7. The van der Waals surface area contributed by atoms with Crippen LogP contribution in [0.5, 0.6) is 0 Å². The molecule has 0 unspecified atom stereocenters. The lowest BCUT2D eigenvalue weighted by Crippen LogP contribution is -2.11. The zero-order chi connectivity index (χ0) is 30.5. The largest absolute Gasteiger partial charge is 0.309 e. The van der Waals surface area contributed by atoms with Crippen LogP contribution in [-0.2, 0) is 0 Å². The van der Waals surface area contributed by atoms with Crippen molar-refractivity contribution in [3.8, 4) is 22.3 Å². The minimum atomic E-state index is 1.13. The maximum Gasteiger partial charge on any atom is 0.0555 e. The molecule has 0 saturated carbocycles. The molecule has 2 heteroatoms. The SMILES string of the molecule is c1ccc(-c2ccc(N(c3ccccc3-c3ccc4ccccc4c3)c3cccc4sc5c6ccccc6ccc5c34)cc2)cc1. The van der Waals surface area contributed by atoms with E-state index in [0.717, 1.165) is 11.4 Å². The highest BCUT2D eigenvalue weighted by molar-refractivity contribution is 7.26. The number of hydrogen-bond acceptors (Lipinski definition) is 2. The van der Waals surface area contributed by atoms with E-state index in [0.29, 0.717) is 0 Å². The first-order valence-electron chi connectivity index (χ1n) is 15.7. The van der Waals surface area contributed by atoms with E-state index in [1.165, 1.54) is 69.7 Å². The molecule has 1 aromatic heterocycles. The van der Waals surface area contributed by atoms with Gasteiger partial charge in [-0.15, -0.1) is 11.3 Å². The van der Waals surface area contributed by atoms with Gasteiger partial charge in [-0.2, -0.15) is 0 Å². The van der Waals surface area contributed by atoms with Gasteiger partial charge in [0.2, 0.25) is 0 Å². The van der Waals surface area contributed by atoms with Gasteiger partial charge in [-0.3, -0.25) is 0 Å². The number of nitrogens with zero attached hydrogens (tertiary/aromatic N) is 1. The van der Waals surface area contributed by atoms with Crippen molar-refractivity contribution in [1.82, 2.24) is 0 Å². The van der Waals surface area contributed by atoms with Gasteiger partial charge in [-0.25, -0.2) is 0 Å². The van der Waals surface area contributed by atoms with Crippen molar-refractivity contribution in [2.24, 2.45) is 0 Å². The van der Waals surface area contributed by atoms with Crippen molar-refractivity contribution in [1.29, 1.82) is 0 Å². The molecule has 0 fully saturated rings. The fraction of sp³-hybridized carbons (Fsp3) is 0. The Morgan fingerprint density at radius 2 is 1.04 bits per heavy atom. The van der Waals surface area contributed by atoms with E-state index >= 15 is 0 Å². The van der Waals surface area contributed by atoms with Crippen molar-refractivity contribution in [2.75, 3.05) is 4.90 Å². The summed E-state index contributed by atoms with van der Waals surface area (Å²) in [6.07, 6.45) is 0. The lowest BCUT2D eigenvalue weighted by Gasteiger charge is -2.29. The monoisotopic (exact) mass is 603 g/mol. The Labute approximate surface area is 272 Å². The van der Waals surface area contributed by atoms with Gasteiger partial charge in [0.05, 0.1) is 11.4 Å². The zero-order valence-electron chi connectivity index (χ0n) is 25.1. The highest BCUT2D eigenvalue weighted by Gasteiger charge is 2.22. The van der Waals surface area contributed by atoms with Gasteiger partial charge >= 0.3 is 0 Å². The van der Waals surface area contributed by atoms with Gasteiger partial charge in [-0.1, -0.05) is 140 Å². The minimum absolute atomic E-state index is 1.13. The van der Waals surface area contributed by atoms with E-state index in [4.69, 9.17) is 0 Å². The summed E-state index contributed by atoms with van der Waals surface area (Å²) in [5, 5.41) is 7.66. The number of hydrogen-bond donors (Lipinski definition) is 0. The number of rotatable bonds is 5. The molecule has 0 aliphatic heterocycles. The van der Waals surface area contributed by atoms with E-state index in [2.05, 4.69) is 181 Å². The topological polar surface area (TPSA) is 3.24 Å². The van der Waals surface area contributed by atoms with Crippen molar-refractivity contribution >= 4 is 70.1 Å². The summed E-state index contributed by atoms with van der Waals surface area (Å²) >= 11 is 1.89. The second kappa shape index (κ2) is 11.0. The normalized spacial score (nSPS) is 11.5. The van der Waals surface area contributed by atoms with Crippen LogP contribution >= 0.6 is 11.3 Å². The average Bonchev–Trinajstić information content (AvgIpc) is 3.53. The summed E-state index contributed by atoms with van der Waals surface area (Å²) in [7, 11) is 0. The Balaban J connectivity index is 1.31. The maximum atomic E-state index is 2.46. The van der Waals surface area contributed by atoms with E-state index in [1.54, 1.807) is 0 Å². The van der Waals surface area contributed by atoms with Gasteiger partial charge in [-0.05, 0) is 74.6 Å². The Bertz CT molecular complexity index is 2530. The van der Waals surface area contributed by atoms with Crippen LogP contribution in [0.15, 0.2) is 176 Å². The molecule has 9 rings (SSSR count). The van der Waals surface area contributed by atoms with Crippen LogP contribution in [0.1, 0.15) is 0 Å². The number of thiophene rings is 1. The highest BCUT2D eigenvalue weighted by atomic mass is 32.1. The predicted molar refractivity (Wildman–Crippen MR) is 200 cm³/mol. The Hall–Kier alpha value is -5.70. The highest BCUT2D eigenvalue weighted by Crippen LogP contribution is 2.48. The third-order valence-corrected chi connectivity index (χ3v) is 10.2. The quantitative estimate of drug-likeness (QED) is 0.189. The van der Waals surface area contributed by atoms with Gasteiger partial charge in [0.1, 0.15) is 0 Å². The Morgan fingerprint density at radius 3 is 1.91 bits per heavy atom. The van der Waals surface area contributed by atoms with Gasteiger partial charge in [0, 0.05) is 31.4 Å². The fourth-order valence-corrected chi connectivity index (χ4v) is 8.09. The molecule has 0 radical (unpaired) electrons. The van der Waals surface area contributed by atoms with Crippen LogP contribution in [0, 0.1) is 0 Å². The lowest BCUT2D eigenvalue weighted by molar-refractivity contribution is 1.30.